The molecule has 0 fully saturated rings. The summed E-state index contributed by atoms with van der Waals surface area (Å²) >= 11 is 6.16. The van der Waals surface area contributed by atoms with Gasteiger partial charge in [0.15, 0.2) is 0 Å². The minimum absolute atomic E-state index is 0.0659. The summed E-state index contributed by atoms with van der Waals surface area (Å²) in [6.45, 7) is 7.59. The van der Waals surface area contributed by atoms with Gasteiger partial charge in [0.2, 0.25) is 0 Å². The second kappa shape index (κ2) is 5.48. The highest BCUT2D eigenvalue weighted by molar-refractivity contribution is 6.35. The van der Waals surface area contributed by atoms with Crippen molar-refractivity contribution in [2.45, 2.75) is 38.6 Å². The molecule has 0 aliphatic carbocycles. The Morgan fingerprint density at radius 2 is 1.89 bits per heavy atom. The Morgan fingerprint density at radius 3 is 2.28 bits per heavy atom. The van der Waals surface area contributed by atoms with E-state index in [0.29, 0.717) is 0 Å². The van der Waals surface area contributed by atoms with Gasteiger partial charge in [-0.3, -0.25) is 15.1 Å². The van der Waals surface area contributed by atoms with E-state index in [2.05, 4.69) is 4.99 Å². The van der Waals surface area contributed by atoms with Crippen LogP contribution in [0.5, 0.6) is 0 Å². The summed E-state index contributed by atoms with van der Waals surface area (Å²) in [4.78, 5) is 14.2. The molecule has 98 valence electrons. The van der Waals surface area contributed by atoms with Crippen molar-refractivity contribution < 1.29 is 4.92 Å². The molecule has 0 saturated heterocycles. The van der Waals surface area contributed by atoms with Crippen molar-refractivity contribution in [2.24, 2.45) is 4.99 Å². The van der Waals surface area contributed by atoms with Crippen LogP contribution in [0.2, 0.25) is 0 Å². The van der Waals surface area contributed by atoms with Crippen LogP contribution < -0.4 is 0 Å². The summed E-state index contributed by atoms with van der Waals surface area (Å²) in [7, 11) is 0. The minimum atomic E-state index is -0.477. The lowest BCUT2D eigenvalue weighted by Crippen LogP contribution is -2.22. The zero-order chi connectivity index (χ0) is 13.9. The SMILES string of the molecule is CC(=N[C@@H](C)c1ccc([N+](=O)[O-])cc1)C(C)(C)Cl. The topological polar surface area (TPSA) is 55.5 Å². The molecule has 0 unspecified atom stereocenters. The minimum Gasteiger partial charge on any atom is -0.285 e. The van der Waals surface area contributed by atoms with Crippen LogP contribution >= 0.6 is 11.6 Å². The number of nitro groups is 1. The molecule has 0 saturated carbocycles. The first-order chi connectivity index (χ1) is 8.21. The van der Waals surface area contributed by atoms with Crippen molar-refractivity contribution in [2.75, 3.05) is 0 Å². The lowest BCUT2D eigenvalue weighted by molar-refractivity contribution is -0.384. The molecule has 0 heterocycles. The third-order valence-electron chi connectivity index (χ3n) is 2.83. The number of benzene rings is 1. The smallest absolute Gasteiger partial charge is 0.269 e. The van der Waals surface area contributed by atoms with E-state index < -0.39 is 9.80 Å². The van der Waals surface area contributed by atoms with Gasteiger partial charge in [-0.05, 0) is 33.3 Å². The van der Waals surface area contributed by atoms with Crippen LogP contribution in [0.3, 0.4) is 0 Å². The highest BCUT2D eigenvalue weighted by Crippen LogP contribution is 2.23. The molecule has 4 nitrogen and oxygen atoms in total. The molecule has 1 rings (SSSR count). The van der Waals surface area contributed by atoms with Crippen LogP contribution in [-0.2, 0) is 0 Å². The maximum atomic E-state index is 10.6. The van der Waals surface area contributed by atoms with Crippen LogP contribution in [0.15, 0.2) is 29.3 Å². The maximum Gasteiger partial charge on any atom is 0.269 e. The summed E-state index contributed by atoms with van der Waals surface area (Å²) in [5.41, 5.74) is 1.86. The number of hydrogen-bond acceptors (Lipinski definition) is 3. The summed E-state index contributed by atoms with van der Waals surface area (Å²) in [6.07, 6.45) is 0. The quantitative estimate of drug-likeness (QED) is 0.357. The number of alkyl halides is 1. The zero-order valence-electron chi connectivity index (χ0n) is 11.0. The molecule has 5 heteroatoms. The van der Waals surface area contributed by atoms with Crippen LogP contribution in [0, 0.1) is 10.1 Å². The highest BCUT2D eigenvalue weighted by Gasteiger charge is 2.18. The van der Waals surface area contributed by atoms with E-state index in [0.717, 1.165) is 11.3 Å². The molecule has 0 spiro atoms. The molecule has 0 aromatic heterocycles. The first-order valence-electron chi connectivity index (χ1n) is 5.70. The monoisotopic (exact) mass is 268 g/mol. The average molecular weight is 269 g/mol. The van der Waals surface area contributed by atoms with Gasteiger partial charge >= 0.3 is 0 Å². The van der Waals surface area contributed by atoms with Crippen LogP contribution in [0.4, 0.5) is 5.69 Å². The molecule has 0 N–H and O–H groups in total. The van der Waals surface area contributed by atoms with Crippen molar-refractivity contribution in [1.82, 2.24) is 0 Å². The van der Waals surface area contributed by atoms with Gasteiger partial charge in [-0.15, -0.1) is 11.6 Å². The lowest BCUT2D eigenvalue weighted by atomic mass is 10.1. The molecule has 1 atom stereocenters. The Hall–Kier alpha value is -1.42. The van der Waals surface area contributed by atoms with Gasteiger partial charge in [-0.1, -0.05) is 12.1 Å². The van der Waals surface area contributed by atoms with E-state index in [4.69, 9.17) is 11.6 Å². The first kappa shape index (κ1) is 14.6. The predicted octanol–water partition coefficient (Wildman–Crippen LogP) is 4.13. The van der Waals surface area contributed by atoms with Crippen molar-refractivity contribution in [3.63, 3.8) is 0 Å². The van der Waals surface area contributed by atoms with E-state index in [-0.39, 0.29) is 11.7 Å². The number of halogens is 1. The van der Waals surface area contributed by atoms with Gasteiger partial charge in [0.1, 0.15) is 0 Å². The average Bonchev–Trinajstić information content (AvgIpc) is 2.27. The molecule has 18 heavy (non-hydrogen) atoms. The van der Waals surface area contributed by atoms with Crippen LogP contribution in [0.25, 0.3) is 0 Å². The third kappa shape index (κ3) is 3.81. The van der Waals surface area contributed by atoms with E-state index in [9.17, 15) is 10.1 Å². The van der Waals surface area contributed by atoms with E-state index in [1.54, 1.807) is 12.1 Å². The van der Waals surface area contributed by atoms with Gasteiger partial charge < -0.3 is 0 Å². The lowest BCUT2D eigenvalue weighted by Gasteiger charge is -2.17. The molecule has 0 radical (unpaired) electrons. The van der Waals surface area contributed by atoms with E-state index >= 15 is 0 Å². The second-order valence-corrected chi connectivity index (χ2v) is 5.66. The predicted molar refractivity (Wildman–Crippen MR) is 74.6 cm³/mol. The maximum absolute atomic E-state index is 10.6. The molecule has 1 aromatic rings. The number of hydrogen-bond donors (Lipinski definition) is 0. The Bertz CT molecular complexity index is 461. The number of non-ortho nitro benzene ring substituents is 1. The standard InChI is InChI=1S/C13H17ClN2O2/c1-9(15-10(2)13(3,4)14)11-5-7-12(8-6-11)16(17)18/h5-9H,1-4H3/t9-/m0/s1. The largest absolute Gasteiger partial charge is 0.285 e. The molecule has 1 aromatic carbocycles. The van der Waals surface area contributed by atoms with Gasteiger partial charge in [0.05, 0.1) is 15.8 Å². The number of aliphatic imine (C=N–C) groups is 1. The molecule has 0 bridgehead atoms. The van der Waals surface area contributed by atoms with Crippen molar-refractivity contribution in [3.05, 3.63) is 39.9 Å². The fourth-order valence-corrected chi connectivity index (χ4v) is 1.44. The molecular weight excluding hydrogens is 252 g/mol. The molecular formula is C13H17ClN2O2. The van der Waals surface area contributed by atoms with E-state index in [1.807, 2.05) is 27.7 Å². The fourth-order valence-electron chi connectivity index (χ4n) is 1.39. The fraction of sp³-hybridized carbons (Fsp3) is 0.462. The Kier molecular flexibility index (Phi) is 4.46. The number of nitrogens with zero attached hydrogens (tertiary/aromatic N) is 2. The Morgan fingerprint density at radius 1 is 1.39 bits per heavy atom. The Labute approximate surface area is 112 Å². The van der Waals surface area contributed by atoms with Gasteiger partial charge in [0, 0.05) is 17.8 Å². The zero-order valence-corrected chi connectivity index (χ0v) is 11.7. The van der Waals surface area contributed by atoms with Gasteiger partial charge in [0.25, 0.3) is 5.69 Å². The highest BCUT2D eigenvalue weighted by atomic mass is 35.5. The van der Waals surface area contributed by atoms with Crippen LogP contribution in [0.1, 0.15) is 39.3 Å². The van der Waals surface area contributed by atoms with E-state index in [1.165, 1.54) is 12.1 Å². The summed E-state index contributed by atoms with van der Waals surface area (Å²) in [5.74, 6) is 0. The van der Waals surface area contributed by atoms with Gasteiger partial charge in [-0.2, -0.15) is 0 Å². The number of rotatable bonds is 4. The van der Waals surface area contributed by atoms with Crippen LogP contribution in [-0.4, -0.2) is 15.5 Å². The third-order valence-corrected chi connectivity index (χ3v) is 3.11. The first-order valence-corrected chi connectivity index (χ1v) is 6.07. The number of nitro benzene ring substituents is 1. The Balaban J connectivity index is 2.92. The van der Waals surface area contributed by atoms with Crippen molar-refractivity contribution in [1.29, 1.82) is 0 Å². The normalized spacial score (nSPS) is 14.4. The molecule has 0 aliphatic rings. The van der Waals surface area contributed by atoms with Gasteiger partial charge in [-0.25, -0.2) is 0 Å². The summed E-state index contributed by atoms with van der Waals surface area (Å²) in [5, 5.41) is 10.6. The molecule has 0 aliphatic heterocycles. The van der Waals surface area contributed by atoms with Crippen molar-refractivity contribution in [3.8, 4) is 0 Å². The van der Waals surface area contributed by atoms with Crippen molar-refractivity contribution >= 4 is 23.0 Å². The second-order valence-electron chi connectivity index (χ2n) is 4.71. The molecule has 0 amide bonds. The summed E-state index contributed by atoms with van der Waals surface area (Å²) < 4.78 is 0. The summed E-state index contributed by atoms with van der Waals surface area (Å²) in [6, 6.07) is 6.36.